The second-order valence-electron chi connectivity index (χ2n) is 4.68. The van der Waals surface area contributed by atoms with Gasteiger partial charge in [0.1, 0.15) is 0 Å². The second kappa shape index (κ2) is 5.60. The van der Waals surface area contributed by atoms with Crippen LogP contribution >= 0.6 is 0 Å². The molecule has 0 radical (unpaired) electrons. The van der Waals surface area contributed by atoms with Gasteiger partial charge in [-0.05, 0) is 31.0 Å². The molecule has 6 heteroatoms. The Morgan fingerprint density at radius 1 is 1.32 bits per heavy atom. The van der Waals surface area contributed by atoms with Crippen LogP contribution in [0.15, 0.2) is 18.2 Å². The zero-order valence-corrected chi connectivity index (χ0v) is 10.6. The van der Waals surface area contributed by atoms with E-state index in [0.29, 0.717) is 35.9 Å². The van der Waals surface area contributed by atoms with Gasteiger partial charge < -0.3 is 22.1 Å². The van der Waals surface area contributed by atoms with Crippen LogP contribution in [-0.4, -0.2) is 24.4 Å². The van der Waals surface area contributed by atoms with E-state index in [1.807, 2.05) is 0 Å². The molecule has 0 atom stereocenters. The number of carbonyl (C=O) groups excluding carboxylic acids is 2. The third-order valence-corrected chi connectivity index (χ3v) is 2.95. The third-order valence-electron chi connectivity index (χ3n) is 2.95. The molecule has 2 amide bonds. The van der Waals surface area contributed by atoms with Crippen molar-refractivity contribution in [3.63, 3.8) is 0 Å². The molecule has 1 aliphatic carbocycles. The first-order valence-electron chi connectivity index (χ1n) is 6.29. The lowest BCUT2D eigenvalue weighted by atomic mass is 10.1. The van der Waals surface area contributed by atoms with Crippen LogP contribution in [0.1, 0.15) is 29.6 Å². The number of rotatable bonds is 6. The molecule has 1 saturated carbocycles. The van der Waals surface area contributed by atoms with Crippen LogP contribution in [0.3, 0.4) is 0 Å². The Morgan fingerprint density at radius 3 is 2.68 bits per heavy atom. The van der Waals surface area contributed by atoms with Crippen molar-refractivity contribution in [2.24, 2.45) is 5.73 Å². The molecule has 1 aromatic rings. The maximum Gasteiger partial charge on any atom is 0.248 e. The molecular formula is C13H18N4O2. The summed E-state index contributed by atoms with van der Waals surface area (Å²) >= 11 is 0. The lowest BCUT2D eigenvalue weighted by Crippen LogP contribution is -2.27. The molecular weight excluding hydrogens is 244 g/mol. The van der Waals surface area contributed by atoms with Gasteiger partial charge in [-0.3, -0.25) is 9.59 Å². The van der Waals surface area contributed by atoms with Gasteiger partial charge in [0.2, 0.25) is 11.8 Å². The fourth-order valence-corrected chi connectivity index (χ4v) is 1.70. The van der Waals surface area contributed by atoms with Crippen LogP contribution in [0.2, 0.25) is 0 Å². The van der Waals surface area contributed by atoms with Gasteiger partial charge >= 0.3 is 0 Å². The van der Waals surface area contributed by atoms with Crippen LogP contribution in [0.25, 0.3) is 0 Å². The van der Waals surface area contributed by atoms with E-state index in [1.54, 1.807) is 18.2 Å². The van der Waals surface area contributed by atoms with E-state index in [4.69, 9.17) is 11.5 Å². The van der Waals surface area contributed by atoms with Crippen molar-refractivity contribution in [2.45, 2.75) is 25.3 Å². The van der Waals surface area contributed by atoms with Crippen LogP contribution in [-0.2, 0) is 4.79 Å². The van der Waals surface area contributed by atoms with Gasteiger partial charge in [-0.2, -0.15) is 0 Å². The topological polar surface area (TPSA) is 110 Å². The summed E-state index contributed by atoms with van der Waals surface area (Å²) in [6.45, 7) is 0.463. The minimum atomic E-state index is -0.505. The van der Waals surface area contributed by atoms with Crippen molar-refractivity contribution in [3.8, 4) is 0 Å². The van der Waals surface area contributed by atoms with E-state index in [9.17, 15) is 9.59 Å². The molecule has 0 unspecified atom stereocenters. The molecule has 1 aliphatic rings. The molecule has 1 aromatic carbocycles. The highest BCUT2D eigenvalue weighted by molar-refractivity contribution is 5.95. The normalized spacial score (nSPS) is 13.9. The number of benzene rings is 1. The predicted molar refractivity (Wildman–Crippen MR) is 73.6 cm³/mol. The summed E-state index contributed by atoms with van der Waals surface area (Å²) < 4.78 is 0. The number of nitrogen functional groups attached to an aromatic ring is 1. The molecule has 102 valence electrons. The van der Waals surface area contributed by atoms with Crippen molar-refractivity contribution in [1.29, 1.82) is 0 Å². The van der Waals surface area contributed by atoms with E-state index < -0.39 is 5.91 Å². The summed E-state index contributed by atoms with van der Waals surface area (Å²) in [6, 6.07) is 5.15. The van der Waals surface area contributed by atoms with Gasteiger partial charge in [-0.1, -0.05) is 0 Å². The number of hydrogen-bond donors (Lipinski definition) is 4. The second-order valence-corrected chi connectivity index (χ2v) is 4.68. The van der Waals surface area contributed by atoms with E-state index >= 15 is 0 Å². The Balaban J connectivity index is 1.85. The van der Waals surface area contributed by atoms with Gasteiger partial charge in [0.15, 0.2) is 0 Å². The van der Waals surface area contributed by atoms with Crippen molar-refractivity contribution >= 4 is 23.2 Å². The maximum atomic E-state index is 11.5. The molecule has 0 aliphatic heterocycles. The molecule has 0 spiro atoms. The largest absolute Gasteiger partial charge is 0.397 e. The first kappa shape index (κ1) is 13.2. The Bertz CT molecular complexity index is 497. The highest BCUT2D eigenvalue weighted by Gasteiger charge is 2.22. The Kier molecular flexibility index (Phi) is 3.89. The summed E-state index contributed by atoms with van der Waals surface area (Å²) in [6.07, 6.45) is 2.52. The van der Waals surface area contributed by atoms with Gasteiger partial charge in [0.25, 0.3) is 0 Å². The standard InChI is InChI=1S/C13H18N4O2/c14-10-4-1-8(13(15)19)7-11(10)16-6-5-12(18)17-9-2-3-9/h1,4,7,9,16H,2-3,5-6,14H2,(H2,15,19)(H,17,18). The lowest BCUT2D eigenvalue weighted by Gasteiger charge is -2.10. The minimum absolute atomic E-state index is 0.0274. The molecule has 0 bridgehead atoms. The molecule has 6 nitrogen and oxygen atoms in total. The average molecular weight is 262 g/mol. The summed E-state index contributed by atoms with van der Waals surface area (Å²) in [5, 5.41) is 5.94. The SMILES string of the molecule is NC(=O)c1ccc(N)c(NCCC(=O)NC2CC2)c1. The number of anilines is 2. The summed E-state index contributed by atoms with van der Waals surface area (Å²) in [4.78, 5) is 22.6. The first-order valence-corrected chi connectivity index (χ1v) is 6.29. The average Bonchev–Trinajstić information content (AvgIpc) is 3.15. The quantitative estimate of drug-likeness (QED) is 0.558. The van der Waals surface area contributed by atoms with E-state index in [2.05, 4.69) is 10.6 Å². The van der Waals surface area contributed by atoms with Gasteiger partial charge in [0.05, 0.1) is 11.4 Å². The Labute approximate surface area is 111 Å². The van der Waals surface area contributed by atoms with Crippen molar-refractivity contribution < 1.29 is 9.59 Å². The molecule has 6 N–H and O–H groups in total. The van der Waals surface area contributed by atoms with Crippen molar-refractivity contribution in [3.05, 3.63) is 23.8 Å². The first-order chi connectivity index (χ1) is 9.06. The zero-order chi connectivity index (χ0) is 13.8. The number of hydrogen-bond acceptors (Lipinski definition) is 4. The Morgan fingerprint density at radius 2 is 2.05 bits per heavy atom. The van der Waals surface area contributed by atoms with E-state index in [-0.39, 0.29) is 5.91 Å². The van der Waals surface area contributed by atoms with E-state index in [1.165, 1.54) is 0 Å². The summed E-state index contributed by atoms with van der Waals surface area (Å²) in [5.41, 5.74) is 12.5. The van der Waals surface area contributed by atoms with Crippen molar-refractivity contribution in [1.82, 2.24) is 5.32 Å². The minimum Gasteiger partial charge on any atom is -0.397 e. The van der Waals surface area contributed by atoms with Crippen LogP contribution in [0, 0.1) is 0 Å². The van der Waals surface area contributed by atoms with Gasteiger partial charge in [0, 0.05) is 24.6 Å². The zero-order valence-electron chi connectivity index (χ0n) is 10.6. The predicted octanol–water partition coefficient (Wildman–Crippen LogP) is 0.448. The Hall–Kier alpha value is -2.24. The molecule has 19 heavy (non-hydrogen) atoms. The lowest BCUT2D eigenvalue weighted by molar-refractivity contribution is -0.120. The molecule has 0 saturated heterocycles. The monoisotopic (exact) mass is 262 g/mol. The number of carbonyl (C=O) groups is 2. The summed E-state index contributed by atoms with van der Waals surface area (Å²) in [7, 11) is 0. The molecule has 1 fully saturated rings. The van der Waals surface area contributed by atoms with Gasteiger partial charge in [-0.15, -0.1) is 0 Å². The third kappa shape index (κ3) is 3.87. The summed E-state index contributed by atoms with van der Waals surface area (Å²) in [5.74, 6) is -0.478. The molecule has 0 aromatic heterocycles. The van der Waals surface area contributed by atoms with Gasteiger partial charge in [-0.25, -0.2) is 0 Å². The number of primary amides is 1. The molecule has 0 heterocycles. The highest BCUT2D eigenvalue weighted by atomic mass is 16.2. The van der Waals surface area contributed by atoms with Crippen LogP contribution < -0.4 is 22.1 Å². The van der Waals surface area contributed by atoms with E-state index in [0.717, 1.165) is 12.8 Å². The number of nitrogens with two attached hydrogens (primary N) is 2. The van der Waals surface area contributed by atoms with Crippen LogP contribution in [0.4, 0.5) is 11.4 Å². The number of nitrogens with one attached hydrogen (secondary N) is 2. The maximum absolute atomic E-state index is 11.5. The van der Waals surface area contributed by atoms with Crippen molar-refractivity contribution in [2.75, 3.05) is 17.6 Å². The van der Waals surface area contributed by atoms with Crippen LogP contribution in [0.5, 0.6) is 0 Å². The fraction of sp³-hybridized carbons (Fsp3) is 0.385. The fourth-order valence-electron chi connectivity index (χ4n) is 1.70. The smallest absolute Gasteiger partial charge is 0.248 e. The highest BCUT2D eigenvalue weighted by Crippen LogP contribution is 2.20. The molecule has 2 rings (SSSR count). The number of amides is 2.